The molecule has 2 unspecified atom stereocenters. The molecule has 3 nitrogen and oxygen atoms in total. The molecule has 2 rings (SSSR count). The van der Waals surface area contributed by atoms with Crippen molar-refractivity contribution < 1.29 is 9.18 Å². The minimum Gasteiger partial charge on any atom is -0.335 e. The van der Waals surface area contributed by atoms with Crippen molar-refractivity contribution in [1.82, 2.24) is 4.90 Å². The number of nitrogens with zero attached hydrogens (tertiary/aromatic N) is 1. The van der Waals surface area contributed by atoms with E-state index in [-0.39, 0.29) is 30.2 Å². The fraction of sp³-hybridized carbons (Fsp3) is 0.533. The Morgan fingerprint density at radius 3 is 2.84 bits per heavy atom. The van der Waals surface area contributed by atoms with E-state index in [1.165, 1.54) is 6.07 Å². The summed E-state index contributed by atoms with van der Waals surface area (Å²) < 4.78 is 13.6. The summed E-state index contributed by atoms with van der Waals surface area (Å²) >= 11 is 0. The number of halogens is 1. The molecule has 0 bridgehead atoms. The number of nitrogens with two attached hydrogens (primary N) is 1. The zero-order valence-electron chi connectivity index (χ0n) is 11.3. The quantitative estimate of drug-likeness (QED) is 0.908. The molecular weight excluding hydrogens is 243 g/mol. The second-order valence-corrected chi connectivity index (χ2v) is 5.24. The van der Waals surface area contributed by atoms with Crippen LogP contribution in [-0.2, 0) is 11.2 Å². The first-order valence-electron chi connectivity index (χ1n) is 6.88. The summed E-state index contributed by atoms with van der Waals surface area (Å²) in [5.41, 5.74) is 6.21. The van der Waals surface area contributed by atoms with E-state index in [1.807, 2.05) is 11.8 Å². The molecule has 1 heterocycles. The Morgan fingerprint density at radius 2 is 2.16 bits per heavy atom. The summed E-state index contributed by atoms with van der Waals surface area (Å²) in [7, 11) is 0. The van der Waals surface area contributed by atoms with Crippen LogP contribution in [0.2, 0.25) is 0 Å². The maximum absolute atomic E-state index is 13.6. The minimum atomic E-state index is -0.315. The van der Waals surface area contributed by atoms with Gasteiger partial charge in [-0.25, -0.2) is 4.39 Å². The molecule has 1 aromatic carbocycles. The molecule has 2 N–H and O–H groups in total. The summed E-state index contributed by atoms with van der Waals surface area (Å²) in [5.74, 6) is -0.336. The molecular formula is C15H21FN2O. The lowest BCUT2D eigenvalue weighted by molar-refractivity contribution is -0.136. The molecule has 4 heteroatoms. The molecule has 0 aromatic heterocycles. The van der Waals surface area contributed by atoms with Gasteiger partial charge in [0.15, 0.2) is 0 Å². The SMILES string of the molecule is CC1CCCC(CN)N1C(=O)Cc1ccccc1F. The highest BCUT2D eigenvalue weighted by Gasteiger charge is 2.30. The first-order valence-corrected chi connectivity index (χ1v) is 6.88. The van der Waals surface area contributed by atoms with Crippen LogP contribution < -0.4 is 5.73 Å². The van der Waals surface area contributed by atoms with E-state index < -0.39 is 0 Å². The Bertz CT molecular complexity index is 450. The Kier molecular flexibility index (Phi) is 4.53. The first kappa shape index (κ1) is 14.0. The number of hydrogen-bond donors (Lipinski definition) is 1. The number of amides is 1. The highest BCUT2D eigenvalue weighted by Crippen LogP contribution is 2.23. The van der Waals surface area contributed by atoms with Crippen LogP contribution in [0.3, 0.4) is 0 Å². The predicted octanol–water partition coefficient (Wildman–Crippen LogP) is 2.10. The standard InChI is InChI=1S/C15H21FN2O/c1-11-5-4-7-13(10-17)18(11)15(19)9-12-6-2-3-8-14(12)16/h2-3,6,8,11,13H,4-5,7,9-10,17H2,1H3. The van der Waals surface area contributed by atoms with Crippen molar-refractivity contribution in [2.75, 3.05) is 6.54 Å². The number of rotatable bonds is 3. The molecule has 1 fully saturated rings. The summed E-state index contributed by atoms with van der Waals surface area (Å²) in [5, 5.41) is 0. The third-order valence-corrected chi connectivity index (χ3v) is 3.89. The number of hydrogen-bond acceptors (Lipinski definition) is 2. The van der Waals surface area contributed by atoms with Crippen LogP contribution >= 0.6 is 0 Å². The second-order valence-electron chi connectivity index (χ2n) is 5.24. The molecule has 1 saturated heterocycles. The van der Waals surface area contributed by atoms with Crippen LogP contribution in [0.5, 0.6) is 0 Å². The average Bonchev–Trinajstić information content (AvgIpc) is 2.40. The number of benzene rings is 1. The monoisotopic (exact) mass is 264 g/mol. The molecule has 104 valence electrons. The lowest BCUT2D eigenvalue weighted by Crippen LogP contribution is -2.52. The third kappa shape index (κ3) is 3.13. The Labute approximate surface area is 113 Å². The predicted molar refractivity (Wildman–Crippen MR) is 73.1 cm³/mol. The number of carbonyl (C=O) groups excluding carboxylic acids is 1. The lowest BCUT2D eigenvalue weighted by atomic mass is 9.95. The summed E-state index contributed by atoms with van der Waals surface area (Å²) in [6.45, 7) is 2.52. The normalized spacial score (nSPS) is 23.4. The van der Waals surface area contributed by atoms with Gasteiger partial charge < -0.3 is 10.6 Å². The van der Waals surface area contributed by atoms with Crippen LogP contribution in [0.1, 0.15) is 31.7 Å². The fourth-order valence-corrected chi connectivity index (χ4v) is 2.86. The van der Waals surface area contributed by atoms with Gasteiger partial charge in [-0.05, 0) is 37.8 Å². The van der Waals surface area contributed by atoms with Crippen molar-refractivity contribution in [3.63, 3.8) is 0 Å². The highest BCUT2D eigenvalue weighted by atomic mass is 19.1. The van der Waals surface area contributed by atoms with Crippen LogP contribution in [0, 0.1) is 5.82 Å². The first-order chi connectivity index (χ1) is 9.13. The number of piperidine rings is 1. The Balaban J connectivity index is 2.11. The fourth-order valence-electron chi connectivity index (χ4n) is 2.86. The van der Waals surface area contributed by atoms with Gasteiger partial charge in [-0.2, -0.15) is 0 Å². The molecule has 1 amide bonds. The van der Waals surface area contributed by atoms with Gasteiger partial charge in [-0.3, -0.25) is 4.79 Å². The minimum absolute atomic E-state index is 0.0206. The van der Waals surface area contributed by atoms with Crippen molar-refractivity contribution in [1.29, 1.82) is 0 Å². The zero-order valence-corrected chi connectivity index (χ0v) is 11.3. The topological polar surface area (TPSA) is 46.3 Å². The molecule has 1 aromatic rings. The molecule has 2 atom stereocenters. The van der Waals surface area contributed by atoms with Crippen molar-refractivity contribution in [3.05, 3.63) is 35.6 Å². The van der Waals surface area contributed by atoms with E-state index in [0.29, 0.717) is 12.1 Å². The Hall–Kier alpha value is -1.42. The van der Waals surface area contributed by atoms with Gasteiger partial charge in [0.1, 0.15) is 5.82 Å². The van der Waals surface area contributed by atoms with E-state index in [1.54, 1.807) is 18.2 Å². The van der Waals surface area contributed by atoms with Gasteiger partial charge in [-0.15, -0.1) is 0 Å². The van der Waals surface area contributed by atoms with E-state index in [2.05, 4.69) is 0 Å². The molecule has 0 saturated carbocycles. The number of carbonyl (C=O) groups is 1. The van der Waals surface area contributed by atoms with Crippen LogP contribution in [0.4, 0.5) is 4.39 Å². The zero-order chi connectivity index (χ0) is 13.8. The van der Waals surface area contributed by atoms with Crippen LogP contribution in [0.25, 0.3) is 0 Å². The van der Waals surface area contributed by atoms with Gasteiger partial charge in [0, 0.05) is 18.6 Å². The van der Waals surface area contributed by atoms with Gasteiger partial charge in [0.05, 0.1) is 6.42 Å². The number of likely N-dealkylation sites (tertiary alicyclic amines) is 1. The van der Waals surface area contributed by atoms with E-state index in [9.17, 15) is 9.18 Å². The van der Waals surface area contributed by atoms with E-state index in [4.69, 9.17) is 5.73 Å². The maximum Gasteiger partial charge on any atom is 0.227 e. The van der Waals surface area contributed by atoms with Gasteiger partial charge in [-0.1, -0.05) is 18.2 Å². The molecule has 0 aliphatic carbocycles. The van der Waals surface area contributed by atoms with Crippen molar-refractivity contribution >= 4 is 5.91 Å². The summed E-state index contributed by atoms with van der Waals surface area (Å²) in [6, 6.07) is 6.74. The highest BCUT2D eigenvalue weighted by molar-refractivity contribution is 5.79. The van der Waals surface area contributed by atoms with Gasteiger partial charge in [0.25, 0.3) is 0 Å². The Morgan fingerprint density at radius 1 is 1.42 bits per heavy atom. The van der Waals surface area contributed by atoms with Crippen LogP contribution in [-0.4, -0.2) is 29.4 Å². The smallest absolute Gasteiger partial charge is 0.227 e. The second kappa shape index (κ2) is 6.15. The molecule has 0 spiro atoms. The van der Waals surface area contributed by atoms with E-state index >= 15 is 0 Å². The molecule has 19 heavy (non-hydrogen) atoms. The summed E-state index contributed by atoms with van der Waals surface area (Å²) in [4.78, 5) is 14.3. The molecule has 1 aliphatic heterocycles. The largest absolute Gasteiger partial charge is 0.335 e. The maximum atomic E-state index is 13.6. The van der Waals surface area contributed by atoms with Gasteiger partial charge in [0.2, 0.25) is 5.91 Å². The van der Waals surface area contributed by atoms with Crippen molar-refractivity contribution in [3.8, 4) is 0 Å². The lowest BCUT2D eigenvalue weighted by Gasteiger charge is -2.40. The molecule has 0 radical (unpaired) electrons. The van der Waals surface area contributed by atoms with Gasteiger partial charge >= 0.3 is 0 Å². The average molecular weight is 264 g/mol. The van der Waals surface area contributed by atoms with E-state index in [0.717, 1.165) is 19.3 Å². The molecule has 1 aliphatic rings. The third-order valence-electron chi connectivity index (χ3n) is 3.89. The summed E-state index contributed by atoms with van der Waals surface area (Å²) in [6.07, 6.45) is 3.17. The van der Waals surface area contributed by atoms with Crippen molar-refractivity contribution in [2.24, 2.45) is 5.73 Å². The van der Waals surface area contributed by atoms with Crippen molar-refractivity contribution in [2.45, 2.75) is 44.7 Å². The van der Waals surface area contributed by atoms with Crippen LogP contribution in [0.15, 0.2) is 24.3 Å².